The van der Waals surface area contributed by atoms with Crippen LogP contribution in [-0.4, -0.2) is 98.4 Å². The van der Waals surface area contributed by atoms with Crippen LogP contribution in [0.1, 0.15) is 11.5 Å². The summed E-state index contributed by atoms with van der Waals surface area (Å²) in [4.78, 5) is 60.2. The number of nitrogen functional groups attached to an aromatic ring is 1. The summed E-state index contributed by atoms with van der Waals surface area (Å²) in [5.41, 5.74) is 2.89. The van der Waals surface area contributed by atoms with E-state index in [4.69, 9.17) is 39.5 Å². The number of nitrogens with zero attached hydrogens (tertiary/aromatic N) is 7. The van der Waals surface area contributed by atoms with Crippen molar-refractivity contribution in [3.8, 4) is 0 Å². The Morgan fingerprint density at radius 1 is 1.41 bits per heavy atom. The van der Waals surface area contributed by atoms with Gasteiger partial charge in [0.05, 0.1) is 0 Å². The number of aliphatic carboxylic acids is 2. The maximum Gasteiger partial charge on any atom is 0.353 e. The zero-order valence-electron chi connectivity index (χ0n) is 19.3. The minimum absolute atomic E-state index is 0.0115. The van der Waals surface area contributed by atoms with E-state index in [-0.39, 0.29) is 38.9 Å². The van der Waals surface area contributed by atoms with Gasteiger partial charge in [-0.25, -0.2) is 14.5 Å². The number of rotatable bonds is 11. The van der Waals surface area contributed by atoms with Gasteiger partial charge in [0.1, 0.15) is 34.3 Å². The lowest BCUT2D eigenvalue weighted by atomic mass is 9.87. The molecule has 2 atom stereocenters. The number of carbonyl (C=O) groups excluding carboxylic acids is 2. The summed E-state index contributed by atoms with van der Waals surface area (Å²) in [6, 6.07) is 0. The van der Waals surface area contributed by atoms with Crippen LogP contribution in [0.15, 0.2) is 23.5 Å². The monoisotopic (exact) mass is 613 g/mol. The Balaban J connectivity index is 1.69. The van der Waals surface area contributed by atoms with Gasteiger partial charge in [-0.2, -0.15) is 0 Å². The van der Waals surface area contributed by atoms with Crippen molar-refractivity contribution in [2.24, 2.45) is 5.16 Å². The Labute approximate surface area is 236 Å². The molecule has 0 aromatic carbocycles. The average Bonchev–Trinajstić information content (AvgIpc) is 3.48. The second-order valence-corrected chi connectivity index (χ2v) is 10.6. The number of hydrogen-bond acceptors (Lipinski definition) is 14. The van der Waals surface area contributed by atoms with Gasteiger partial charge in [-0.3, -0.25) is 19.3 Å². The predicted octanol–water partition coefficient (Wildman–Crippen LogP) is -0.378. The van der Waals surface area contributed by atoms with E-state index in [2.05, 4.69) is 37.6 Å². The van der Waals surface area contributed by atoms with Crippen LogP contribution in [0.3, 0.4) is 0 Å². The first-order valence-corrected chi connectivity index (χ1v) is 13.2. The first kappa shape index (κ1) is 28.1. The molecule has 39 heavy (non-hydrogen) atoms. The number of tetrazole rings is 1. The molecule has 0 bridgehead atoms. The number of thiocarbonyl (C=S) groups is 1. The second kappa shape index (κ2) is 11.0. The summed E-state index contributed by atoms with van der Waals surface area (Å²) < 4.78 is 0.934. The predicted molar refractivity (Wildman–Crippen MR) is 142 cm³/mol. The number of hydrogen-bond donors (Lipinski definition) is 4. The van der Waals surface area contributed by atoms with Crippen molar-refractivity contribution in [2.75, 3.05) is 18.1 Å². The van der Waals surface area contributed by atoms with Crippen LogP contribution in [0.5, 0.6) is 0 Å². The van der Waals surface area contributed by atoms with Crippen LogP contribution in [0.25, 0.3) is 5.57 Å². The number of amides is 2. The Morgan fingerprint density at radius 3 is 2.74 bits per heavy atom. The van der Waals surface area contributed by atoms with E-state index < -0.39 is 52.6 Å². The fourth-order valence-corrected chi connectivity index (χ4v) is 6.45. The van der Waals surface area contributed by atoms with E-state index in [1.807, 2.05) is 0 Å². The van der Waals surface area contributed by atoms with Gasteiger partial charge in [0.15, 0.2) is 22.2 Å². The molecule has 1 saturated heterocycles. The molecule has 2 aliphatic heterocycles. The molecule has 0 radical (unpaired) electrons. The molecule has 0 aliphatic carbocycles. The molecule has 2 aromatic heterocycles. The molecule has 2 aliphatic rings. The zero-order valence-corrected chi connectivity index (χ0v) is 22.5. The fraction of sp³-hybridized carbons (Fsp3) is 0.263. The standard InChI is InChI=1S/C19H16ClN9O7S3/c1-2-3-36-25-10(9-12(20)39-18(21)22-9)14(32)23-19(6-37)16(35)29-11(15(33)34)7(5-38-17(19)29)13-24-26-27-28(13)4-8(30)31/h2,6,17H,1,3-5H2,(H2,21,22)(H,23,32)(H,30,31)(H,33,34)/t17-,19?/m0/s1. The topological polar surface area (TPSA) is 228 Å². The molecule has 1 unspecified atom stereocenters. The number of β-lactam (4-membered cyclic amide) rings is 1. The minimum Gasteiger partial charge on any atom is -0.480 e. The van der Waals surface area contributed by atoms with E-state index in [9.17, 15) is 24.3 Å². The smallest absolute Gasteiger partial charge is 0.353 e. The van der Waals surface area contributed by atoms with Crippen molar-refractivity contribution in [1.82, 2.24) is 35.4 Å². The number of anilines is 1. The van der Waals surface area contributed by atoms with Gasteiger partial charge in [0.2, 0.25) is 0 Å². The second-order valence-electron chi connectivity index (χ2n) is 7.66. The zero-order chi connectivity index (χ0) is 28.5. The number of nitrogens with two attached hydrogens (primary N) is 1. The van der Waals surface area contributed by atoms with Crippen molar-refractivity contribution < 1.29 is 34.2 Å². The third-order valence-electron chi connectivity index (χ3n) is 5.29. The van der Waals surface area contributed by atoms with Crippen LogP contribution < -0.4 is 11.1 Å². The molecule has 4 heterocycles. The molecule has 5 N–H and O–H groups in total. The quantitative estimate of drug-likeness (QED) is 0.0632. The number of aromatic nitrogens is 5. The number of carbonyl (C=O) groups is 4. The van der Waals surface area contributed by atoms with Crippen LogP contribution >= 0.6 is 46.9 Å². The molecule has 4 rings (SSSR count). The highest BCUT2D eigenvalue weighted by Crippen LogP contribution is 2.47. The molecule has 1 fully saturated rings. The molecule has 204 valence electrons. The maximum absolute atomic E-state index is 13.5. The Kier molecular flexibility index (Phi) is 7.95. The van der Waals surface area contributed by atoms with Gasteiger partial charge in [0.25, 0.3) is 11.8 Å². The van der Waals surface area contributed by atoms with Gasteiger partial charge >= 0.3 is 11.9 Å². The normalized spacial score (nSPS) is 20.6. The Morgan fingerprint density at radius 2 is 2.15 bits per heavy atom. The van der Waals surface area contributed by atoms with Crippen molar-refractivity contribution in [3.63, 3.8) is 0 Å². The molecule has 2 aromatic rings. The first-order valence-electron chi connectivity index (χ1n) is 10.5. The molecular formula is C19H16ClN9O7S3. The number of thioether (sulfide) groups is 1. The van der Waals surface area contributed by atoms with Crippen LogP contribution in [-0.2, 0) is 30.6 Å². The van der Waals surface area contributed by atoms with E-state index in [0.29, 0.717) is 0 Å². The fourth-order valence-electron chi connectivity index (χ4n) is 3.72. The van der Waals surface area contributed by atoms with Gasteiger partial charge in [-0.1, -0.05) is 53.0 Å². The van der Waals surface area contributed by atoms with E-state index in [0.717, 1.165) is 38.0 Å². The first-order chi connectivity index (χ1) is 18.5. The lowest BCUT2D eigenvalue weighted by Crippen LogP contribution is -2.80. The Hall–Kier alpha value is -3.94. The van der Waals surface area contributed by atoms with Crippen molar-refractivity contribution in [2.45, 2.75) is 17.5 Å². The molecule has 0 spiro atoms. The molecule has 20 heteroatoms. The summed E-state index contributed by atoms with van der Waals surface area (Å²) in [5.74, 6) is -4.77. The number of carboxylic acids is 2. The van der Waals surface area contributed by atoms with Crippen molar-refractivity contribution in [3.05, 3.63) is 34.2 Å². The average molecular weight is 614 g/mol. The number of thiazole rings is 1. The molecule has 0 saturated carbocycles. The third kappa shape index (κ3) is 4.95. The summed E-state index contributed by atoms with van der Waals surface area (Å²) in [5, 5.41) is 36.2. The summed E-state index contributed by atoms with van der Waals surface area (Å²) in [6.07, 6.45) is 1.38. The highest BCUT2D eigenvalue weighted by Gasteiger charge is 2.65. The number of carboxylic acid groups (broad SMARTS) is 2. The van der Waals surface area contributed by atoms with Crippen LogP contribution in [0.2, 0.25) is 4.34 Å². The van der Waals surface area contributed by atoms with E-state index in [1.54, 1.807) is 0 Å². The maximum atomic E-state index is 13.5. The SMILES string of the molecule is C=CCON=C(C(=O)NC1(C=S)C(=O)N2C(C(=O)O)=C(c3nnnn3CC(=O)O)CS[C@H]21)c1nc(N)sc1Cl. The minimum atomic E-state index is -1.83. The highest BCUT2D eigenvalue weighted by molar-refractivity contribution is 8.00. The highest BCUT2D eigenvalue weighted by atomic mass is 35.5. The van der Waals surface area contributed by atoms with Gasteiger partial charge < -0.3 is 26.1 Å². The van der Waals surface area contributed by atoms with Crippen molar-refractivity contribution in [1.29, 1.82) is 0 Å². The molecular weight excluding hydrogens is 598 g/mol. The number of halogens is 1. The lowest BCUT2D eigenvalue weighted by molar-refractivity contribution is -0.153. The summed E-state index contributed by atoms with van der Waals surface area (Å²) in [7, 11) is 0. The Bertz CT molecular complexity index is 1470. The van der Waals surface area contributed by atoms with Gasteiger partial charge in [0, 0.05) is 16.7 Å². The number of oxime groups is 1. The number of fused-ring (bicyclic) bond motifs is 1. The largest absolute Gasteiger partial charge is 0.480 e. The van der Waals surface area contributed by atoms with E-state index >= 15 is 0 Å². The lowest BCUT2D eigenvalue weighted by Gasteiger charge is -2.55. The summed E-state index contributed by atoms with van der Waals surface area (Å²) >= 11 is 13.2. The van der Waals surface area contributed by atoms with E-state index in [1.165, 1.54) is 6.08 Å². The molecule has 2 amide bonds. The van der Waals surface area contributed by atoms with Crippen molar-refractivity contribution >= 4 is 92.5 Å². The van der Waals surface area contributed by atoms with Gasteiger partial charge in [-0.05, 0) is 10.4 Å². The van der Waals surface area contributed by atoms with Crippen LogP contribution in [0.4, 0.5) is 5.13 Å². The third-order valence-corrected chi connectivity index (χ3v) is 8.10. The van der Waals surface area contributed by atoms with Crippen LogP contribution in [0, 0.1) is 0 Å². The molecule has 16 nitrogen and oxygen atoms in total. The summed E-state index contributed by atoms with van der Waals surface area (Å²) in [6.45, 7) is 2.79. The number of nitrogens with one attached hydrogen (secondary N) is 1. The van der Waals surface area contributed by atoms with Gasteiger partial charge in [-0.15, -0.1) is 16.9 Å².